The number of nitrogens with zero attached hydrogens (tertiary/aromatic N) is 1. The van der Waals surface area contributed by atoms with E-state index in [-0.39, 0.29) is 5.91 Å². The standard InChI is InChI=1S/C22H24N4O2/c1-28-20-5-3-16(21-17(20)12-24-22(21)27)19-11-15-10-14(2-4-18(15)25-19)13-26-8-6-23-7-9-26/h2-5,10-11,23,25H,6-9,12-13H2,1H3,(H,24,27). The van der Waals surface area contributed by atoms with Crippen LogP contribution in [0.3, 0.4) is 0 Å². The number of aromatic nitrogens is 1. The number of hydrogen-bond acceptors (Lipinski definition) is 4. The molecule has 144 valence electrons. The highest BCUT2D eigenvalue weighted by Gasteiger charge is 2.27. The van der Waals surface area contributed by atoms with Crippen LogP contribution in [0, 0.1) is 0 Å². The lowest BCUT2D eigenvalue weighted by atomic mass is 9.99. The van der Waals surface area contributed by atoms with Crippen molar-refractivity contribution in [3.05, 3.63) is 53.1 Å². The van der Waals surface area contributed by atoms with Gasteiger partial charge in [-0.3, -0.25) is 9.69 Å². The Morgan fingerprint density at radius 1 is 1.11 bits per heavy atom. The summed E-state index contributed by atoms with van der Waals surface area (Å²) in [6, 6.07) is 12.6. The topological polar surface area (TPSA) is 69.4 Å². The number of aromatic amines is 1. The van der Waals surface area contributed by atoms with Crippen molar-refractivity contribution in [3.63, 3.8) is 0 Å². The first kappa shape index (κ1) is 17.3. The molecule has 3 N–H and O–H groups in total. The van der Waals surface area contributed by atoms with Crippen LogP contribution in [0.2, 0.25) is 0 Å². The third kappa shape index (κ3) is 2.95. The molecule has 2 aliphatic rings. The number of benzene rings is 2. The first-order valence-corrected chi connectivity index (χ1v) is 9.76. The summed E-state index contributed by atoms with van der Waals surface area (Å²) in [7, 11) is 1.64. The molecule has 6 heteroatoms. The van der Waals surface area contributed by atoms with Crippen LogP contribution in [0.15, 0.2) is 36.4 Å². The van der Waals surface area contributed by atoms with E-state index >= 15 is 0 Å². The predicted molar refractivity (Wildman–Crippen MR) is 110 cm³/mol. The molecule has 5 rings (SSSR count). The molecule has 0 radical (unpaired) electrons. The second-order valence-corrected chi connectivity index (χ2v) is 7.48. The van der Waals surface area contributed by atoms with E-state index in [1.165, 1.54) is 10.9 Å². The number of rotatable bonds is 4. The quantitative estimate of drug-likeness (QED) is 0.654. The number of ether oxygens (including phenoxy) is 1. The lowest BCUT2D eigenvalue weighted by Crippen LogP contribution is -2.42. The molecule has 0 spiro atoms. The van der Waals surface area contributed by atoms with Gasteiger partial charge in [-0.05, 0) is 35.9 Å². The second-order valence-electron chi connectivity index (χ2n) is 7.48. The maximum atomic E-state index is 12.4. The molecule has 2 aromatic carbocycles. The van der Waals surface area contributed by atoms with E-state index in [0.29, 0.717) is 12.1 Å². The molecule has 0 aliphatic carbocycles. The number of hydrogen-bond donors (Lipinski definition) is 3. The summed E-state index contributed by atoms with van der Waals surface area (Å²) in [5.74, 6) is 0.716. The smallest absolute Gasteiger partial charge is 0.252 e. The van der Waals surface area contributed by atoms with E-state index in [1.54, 1.807) is 7.11 Å². The monoisotopic (exact) mass is 376 g/mol. The van der Waals surface area contributed by atoms with Crippen LogP contribution in [-0.2, 0) is 13.1 Å². The number of H-pyrrole nitrogens is 1. The van der Waals surface area contributed by atoms with Gasteiger partial charge >= 0.3 is 0 Å². The Kier molecular flexibility index (Phi) is 4.30. The summed E-state index contributed by atoms with van der Waals surface area (Å²) < 4.78 is 5.43. The van der Waals surface area contributed by atoms with E-state index in [0.717, 1.165) is 60.8 Å². The van der Waals surface area contributed by atoms with Crippen molar-refractivity contribution in [1.29, 1.82) is 0 Å². The fraction of sp³-hybridized carbons (Fsp3) is 0.318. The van der Waals surface area contributed by atoms with E-state index in [2.05, 4.69) is 44.8 Å². The Balaban J connectivity index is 1.51. The third-order valence-electron chi connectivity index (χ3n) is 5.73. The molecule has 1 saturated heterocycles. The van der Waals surface area contributed by atoms with Gasteiger partial charge in [0.2, 0.25) is 0 Å². The molecular formula is C22H24N4O2. The zero-order valence-electron chi connectivity index (χ0n) is 16.0. The average molecular weight is 376 g/mol. The Morgan fingerprint density at radius 2 is 1.96 bits per heavy atom. The minimum absolute atomic E-state index is 0.0399. The molecule has 28 heavy (non-hydrogen) atoms. The lowest BCUT2D eigenvalue weighted by molar-refractivity contribution is 0.0966. The molecule has 2 aliphatic heterocycles. The van der Waals surface area contributed by atoms with Crippen molar-refractivity contribution in [3.8, 4) is 17.0 Å². The van der Waals surface area contributed by atoms with E-state index in [1.807, 2.05) is 12.1 Å². The number of amides is 1. The number of methoxy groups -OCH3 is 1. The van der Waals surface area contributed by atoms with Crippen molar-refractivity contribution >= 4 is 16.8 Å². The van der Waals surface area contributed by atoms with Gasteiger partial charge in [0, 0.05) is 67.0 Å². The summed E-state index contributed by atoms with van der Waals surface area (Å²) in [6.07, 6.45) is 0. The average Bonchev–Trinajstić information content (AvgIpc) is 3.32. The van der Waals surface area contributed by atoms with Crippen molar-refractivity contribution in [2.75, 3.05) is 33.3 Å². The van der Waals surface area contributed by atoms with Crippen LogP contribution in [0.4, 0.5) is 0 Å². The fourth-order valence-electron chi connectivity index (χ4n) is 4.29. The number of carbonyl (C=O) groups is 1. The molecule has 1 fully saturated rings. The van der Waals surface area contributed by atoms with Crippen LogP contribution >= 0.6 is 0 Å². The number of carbonyl (C=O) groups excluding carboxylic acids is 1. The van der Waals surface area contributed by atoms with Crippen LogP contribution in [-0.4, -0.2) is 49.1 Å². The zero-order valence-corrected chi connectivity index (χ0v) is 16.0. The van der Waals surface area contributed by atoms with Crippen LogP contribution in [0.1, 0.15) is 21.5 Å². The zero-order chi connectivity index (χ0) is 19.1. The molecule has 3 aromatic rings. The maximum absolute atomic E-state index is 12.4. The number of nitrogens with one attached hydrogen (secondary N) is 3. The predicted octanol–water partition coefficient (Wildman–Crippen LogP) is 2.49. The minimum Gasteiger partial charge on any atom is -0.496 e. The molecule has 3 heterocycles. The molecule has 1 amide bonds. The van der Waals surface area contributed by atoms with E-state index in [4.69, 9.17) is 4.74 Å². The highest BCUT2D eigenvalue weighted by atomic mass is 16.5. The Hall–Kier alpha value is -2.83. The second kappa shape index (κ2) is 6.96. The van der Waals surface area contributed by atoms with Gasteiger partial charge in [-0.2, -0.15) is 0 Å². The molecule has 6 nitrogen and oxygen atoms in total. The number of fused-ring (bicyclic) bond motifs is 2. The molecular weight excluding hydrogens is 352 g/mol. The molecule has 0 bridgehead atoms. The maximum Gasteiger partial charge on any atom is 0.252 e. The minimum atomic E-state index is -0.0399. The molecule has 0 atom stereocenters. The first-order chi connectivity index (χ1) is 13.7. The van der Waals surface area contributed by atoms with Crippen LogP contribution in [0.5, 0.6) is 5.75 Å². The molecule has 0 unspecified atom stereocenters. The van der Waals surface area contributed by atoms with E-state index in [9.17, 15) is 4.79 Å². The molecule has 0 saturated carbocycles. The largest absolute Gasteiger partial charge is 0.496 e. The van der Waals surface area contributed by atoms with Gasteiger partial charge in [-0.25, -0.2) is 0 Å². The highest BCUT2D eigenvalue weighted by molar-refractivity contribution is 6.05. The summed E-state index contributed by atoms with van der Waals surface area (Å²) in [5.41, 5.74) is 5.94. The van der Waals surface area contributed by atoms with Crippen molar-refractivity contribution in [2.24, 2.45) is 0 Å². The van der Waals surface area contributed by atoms with Gasteiger partial charge in [0.1, 0.15) is 5.75 Å². The van der Waals surface area contributed by atoms with Gasteiger partial charge < -0.3 is 20.4 Å². The van der Waals surface area contributed by atoms with Gasteiger partial charge in [-0.1, -0.05) is 6.07 Å². The van der Waals surface area contributed by atoms with Crippen molar-refractivity contribution in [1.82, 2.24) is 20.5 Å². The van der Waals surface area contributed by atoms with Gasteiger partial charge in [0.05, 0.1) is 12.7 Å². The Bertz CT molecular complexity index is 1050. The van der Waals surface area contributed by atoms with Gasteiger partial charge in [0.25, 0.3) is 5.91 Å². The lowest BCUT2D eigenvalue weighted by Gasteiger charge is -2.27. The van der Waals surface area contributed by atoms with Crippen molar-refractivity contribution < 1.29 is 9.53 Å². The summed E-state index contributed by atoms with van der Waals surface area (Å²) in [6.45, 7) is 5.77. The van der Waals surface area contributed by atoms with Gasteiger partial charge in [-0.15, -0.1) is 0 Å². The third-order valence-corrected chi connectivity index (χ3v) is 5.73. The normalized spacial score (nSPS) is 17.0. The van der Waals surface area contributed by atoms with Crippen LogP contribution in [0.25, 0.3) is 22.2 Å². The SMILES string of the molecule is COc1ccc(-c2cc3cc(CN4CCNCC4)ccc3[nH]2)c2c1CNC2=O. The Morgan fingerprint density at radius 3 is 2.79 bits per heavy atom. The summed E-state index contributed by atoms with van der Waals surface area (Å²) >= 11 is 0. The number of piperazine rings is 1. The van der Waals surface area contributed by atoms with E-state index < -0.39 is 0 Å². The molecule has 1 aromatic heterocycles. The fourth-order valence-corrected chi connectivity index (χ4v) is 4.29. The van der Waals surface area contributed by atoms with Crippen LogP contribution < -0.4 is 15.4 Å². The first-order valence-electron chi connectivity index (χ1n) is 9.76. The van der Waals surface area contributed by atoms with Gasteiger partial charge in [0.15, 0.2) is 0 Å². The van der Waals surface area contributed by atoms with Crippen molar-refractivity contribution in [2.45, 2.75) is 13.1 Å². The highest BCUT2D eigenvalue weighted by Crippen LogP contribution is 2.36. The Labute approximate surface area is 163 Å². The summed E-state index contributed by atoms with van der Waals surface area (Å²) in [5, 5.41) is 7.48. The summed E-state index contributed by atoms with van der Waals surface area (Å²) in [4.78, 5) is 18.4.